The number of hydrogen-bond acceptors (Lipinski definition) is 5. The first-order valence-corrected chi connectivity index (χ1v) is 5.96. The maximum absolute atomic E-state index is 11.8. The van der Waals surface area contributed by atoms with Crippen LogP contribution in [0.1, 0.15) is 16.8 Å². The highest BCUT2D eigenvalue weighted by Crippen LogP contribution is 2.22. The molecule has 96 valence electrons. The van der Waals surface area contributed by atoms with Crippen LogP contribution >= 0.6 is 11.6 Å². The van der Waals surface area contributed by atoms with E-state index in [0.717, 1.165) is 6.42 Å². The molecule has 0 atom stereocenters. The molecule has 0 saturated carbocycles. The molecule has 1 saturated heterocycles. The molecule has 0 radical (unpaired) electrons. The van der Waals surface area contributed by atoms with Crippen LogP contribution in [0.5, 0.6) is 0 Å². The number of carbonyl (C=O) groups excluding carboxylic acids is 2. The van der Waals surface area contributed by atoms with E-state index in [1.54, 1.807) is 16.8 Å². The zero-order chi connectivity index (χ0) is 13.1. The number of hydrogen-bond donors (Lipinski definition) is 0. The van der Waals surface area contributed by atoms with E-state index in [9.17, 15) is 9.59 Å². The monoisotopic (exact) mass is 268 g/mol. The van der Waals surface area contributed by atoms with Crippen molar-refractivity contribution < 1.29 is 9.59 Å². The first kappa shape index (κ1) is 12.8. The maximum Gasteiger partial charge on any atom is 0.241 e. The Balaban J connectivity index is 2.33. The zero-order valence-electron chi connectivity index (χ0n) is 9.97. The SMILES string of the molecule is CN1CCCN(c2ncnc(Cl)c2C=O)CC1=O. The molecule has 7 heteroatoms. The van der Waals surface area contributed by atoms with Crippen molar-refractivity contribution >= 4 is 29.6 Å². The fourth-order valence-corrected chi connectivity index (χ4v) is 2.06. The summed E-state index contributed by atoms with van der Waals surface area (Å²) in [5, 5.41) is 0.111. The molecule has 0 unspecified atom stereocenters. The van der Waals surface area contributed by atoms with E-state index in [4.69, 9.17) is 11.6 Å². The van der Waals surface area contributed by atoms with Crippen molar-refractivity contribution in [2.45, 2.75) is 6.42 Å². The molecular formula is C11H13ClN4O2. The summed E-state index contributed by atoms with van der Waals surface area (Å²) in [4.78, 5) is 34.1. The van der Waals surface area contributed by atoms with Crippen LogP contribution in [0, 0.1) is 0 Å². The van der Waals surface area contributed by atoms with Crippen molar-refractivity contribution in [2.24, 2.45) is 0 Å². The van der Waals surface area contributed by atoms with E-state index in [1.165, 1.54) is 6.33 Å². The molecule has 1 aliphatic rings. The molecule has 0 bridgehead atoms. The quantitative estimate of drug-likeness (QED) is 0.581. The van der Waals surface area contributed by atoms with Gasteiger partial charge in [-0.1, -0.05) is 11.6 Å². The predicted molar refractivity (Wildman–Crippen MR) is 66.9 cm³/mol. The molecule has 1 aromatic heterocycles. The van der Waals surface area contributed by atoms with E-state index in [2.05, 4.69) is 9.97 Å². The van der Waals surface area contributed by atoms with Crippen LogP contribution in [-0.4, -0.2) is 53.7 Å². The number of aromatic nitrogens is 2. The van der Waals surface area contributed by atoms with Gasteiger partial charge >= 0.3 is 0 Å². The lowest BCUT2D eigenvalue weighted by Gasteiger charge is -2.21. The number of halogens is 1. The van der Waals surface area contributed by atoms with Gasteiger partial charge in [0, 0.05) is 20.1 Å². The first-order valence-electron chi connectivity index (χ1n) is 5.58. The van der Waals surface area contributed by atoms with Crippen LogP contribution in [0.4, 0.5) is 5.82 Å². The van der Waals surface area contributed by atoms with E-state index in [-0.39, 0.29) is 23.2 Å². The Morgan fingerprint density at radius 1 is 1.39 bits per heavy atom. The summed E-state index contributed by atoms with van der Waals surface area (Å²) in [7, 11) is 1.76. The number of carbonyl (C=O) groups is 2. The smallest absolute Gasteiger partial charge is 0.241 e. The van der Waals surface area contributed by atoms with Crippen LogP contribution in [0.3, 0.4) is 0 Å². The summed E-state index contributed by atoms with van der Waals surface area (Å²) in [6.45, 7) is 1.56. The summed E-state index contributed by atoms with van der Waals surface area (Å²) in [5.41, 5.74) is 0.233. The van der Waals surface area contributed by atoms with Crippen molar-refractivity contribution in [3.63, 3.8) is 0 Å². The largest absolute Gasteiger partial charge is 0.346 e. The minimum absolute atomic E-state index is 0.000848. The lowest BCUT2D eigenvalue weighted by Crippen LogP contribution is -2.35. The zero-order valence-corrected chi connectivity index (χ0v) is 10.7. The number of nitrogens with zero attached hydrogens (tertiary/aromatic N) is 4. The Morgan fingerprint density at radius 3 is 2.89 bits per heavy atom. The number of aldehydes is 1. The highest BCUT2D eigenvalue weighted by molar-refractivity contribution is 6.32. The van der Waals surface area contributed by atoms with Gasteiger partial charge in [0.25, 0.3) is 0 Å². The van der Waals surface area contributed by atoms with Crippen molar-refractivity contribution in [1.82, 2.24) is 14.9 Å². The van der Waals surface area contributed by atoms with Gasteiger partial charge in [0.2, 0.25) is 5.91 Å². The van der Waals surface area contributed by atoms with Gasteiger partial charge in [0.1, 0.15) is 17.3 Å². The van der Waals surface area contributed by atoms with Gasteiger partial charge in [-0.15, -0.1) is 0 Å². The molecule has 1 aliphatic heterocycles. The molecule has 6 nitrogen and oxygen atoms in total. The second-order valence-corrected chi connectivity index (χ2v) is 4.47. The average molecular weight is 269 g/mol. The standard InChI is InChI=1S/C11H13ClN4O2/c1-15-3-2-4-16(5-9(15)18)11-8(6-17)10(12)13-7-14-11/h6-7H,2-5H2,1H3. The van der Waals surface area contributed by atoms with Crippen molar-refractivity contribution in [3.05, 3.63) is 17.0 Å². The normalized spacial score (nSPS) is 16.7. The lowest BCUT2D eigenvalue weighted by molar-refractivity contribution is -0.127. The average Bonchev–Trinajstić information content (AvgIpc) is 2.52. The third-order valence-corrected chi connectivity index (χ3v) is 3.21. The molecule has 2 rings (SSSR count). The molecule has 18 heavy (non-hydrogen) atoms. The fraction of sp³-hybridized carbons (Fsp3) is 0.455. The Hall–Kier alpha value is -1.69. The fourth-order valence-electron chi connectivity index (χ4n) is 1.89. The molecular weight excluding hydrogens is 256 g/mol. The molecule has 1 aromatic rings. The highest BCUT2D eigenvalue weighted by Gasteiger charge is 2.23. The predicted octanol–water partition coefficient (Wildman–Crippen LogP) is 0.611. The molecule has 0 aliphatic carbocycles. The topological polar surface area (TPSA) is 66.4 Å². The van der Waals surface area contributed by atoms with Gasteiger partial charge in [-0.05, 0) is 6.42 Å². The van der Waals surface area contributed by atoms with E-state index in [1.807, 2.05) is 0 Å². The molecule has 1 amide bonds. The number of amides is 1. The van der Waals surface area contributed by atoms with Crippen LogP contribution < -0.4 is 4.90 Å². The molecule has 0 aromatic carbocycles. The summed E-state index contributed by atoms with van der Waals surface area (Å²) < 4.78 is 0. The minimum atomic E-state index is -0.000848. The van der Waals surface area contributed by atoms with Crippen LogP contribution in [0.25, 0.3) is 0 Å². The summed E-state index contributed by atoms with van der Waals surface area (Å²) >= 11 is 5.85. The van der Waals surface area contributed by atoms with Gasteiger partial charge in [-0.25, -0.2) is 9.97 Å². The Bertz CT molecular complexity index is 480. The van der Waals surface area contributed by atoms with Crippen LogP contribution in [-0.2, 0) is 4.79 Å². The number of rotatable bonds is 2. The van der Waals surface area contributed by atoms with E-state index in [0.29, 0.717) is 25.2 Å². The third-order valence-electron chi connectivity index (χ3n) is 2.91. The van der Waals surface area contributed by atoms with Gasteiger partial charge in [0.05, 0.1) is 12.1 Å². The third kappa shape index (κ3) is 2.43. The summed E-state index contributed by atoms with van der Waals surface area (Å²) in [5.74, 6) is 0.424. The maximum atomic E-state index is 11.8. The second kappa shape index (κ2) is 5.30. The van der Waals surface area contributed by atoms with Gasteiger partial charge in [0.15, 0.2) is 6.29 Å². The molecule has 0 N–H and O–H groups in total. The molecule has 1 fully saturated rings. The van der Waals surface area contributed by atoms with E-state index >= 15 is 0 Å². The van der Waals surface area contributed by atoms with Gasteiger partial charge in [-0.3, -0.25) is 9.59 Å². The number of likely N-dealkylation sites (N-methyl/N-ethyl adjacent to an activating group) is 1. The molecule has 2 heterocycles. The minimum Gasteiger partial charge on any atom is -0.346 e. The summed E-state index contributed by atoms with van der Waals surface area (Å²) in [6, 6.07) is 0. The lowest BCUT2D eigenvalue weighted by atomic mass is 10.3. The Morgan fingerprint density at radius 2 is 2.17 bits per heavy atom. The highest BCUT2D eigenvalue weighted by atomic mass is 35.5. The first-order chi connectivity index (χ1) is 8.63. The van der Waals surface area contributed by atoms with Gasteiger partial charge in [-0.2, -0.15) is 0 Å². The van der Waals surface area contributed by atoms with Crippen molar-refractivity contribution in [3.8, 4) is 0 Å². The molecule has 0 spiro atoms. The van der Waals surface area contributed by atoms with E-state index < -0.39 is 0 Å². The van der Waals surface area contributed by atoms with Crippen molar-refractivity contribution in [2.75, 3.05) is 31.6 Å². The van der Waals surface area contributed by atoms with Crippen molar-refractivity contribution in [1.29, 1.82) is 0 Å². The number of anilines is 1. The summed E-state index contributed by atoms with van der Waals surface area (Å²) in [6.07, 6.45) is 2.74. The Kier molecular flexibility index (Phi) is 3.76. The van der Waals surface area contributed by atoms with Gasteiger partial charge < -0.3 is 9.80 Å². The van der Waals surface area contributed by atoms with Crippen LogP contribution in [0.2, 0.25) is 5.15 Å². The second-order valence-electron chi connectivity index (χ2n) is 4.11. The Labute approximate surface area is 110 Å². The van der Waals surface area contributed by atoms with Crippen LogP contribution in [0.15, 0.2) is 6.33 Å².